The zero-order valence-corrected chi connectivity index (χ0v) is 59.7. The van der Waals surface area contributed by atoms with E-state index in [0.29, 0.717) is 98.0 Å². The van der Waals surface area contributed by atoms with E-state index in [4.69, 9.17) is 40.8 Å². The van der Waals surface area contributed by atoms with Crippen molar-refractivity contribution < 1.29 is 71.4 Å². The summed E-state index contributed by atoms with van der Waals surface area (Å²) in [5, 5.41) is 63.7. The minimum atomic E-state index is -1.94. The summed E-state index contributed by atoms with van der Waals surface area (Å²) in [7, 11) is -11.4. The topological polar surface area (TPSA) is 204 Å². The highest BCUT2D eigenvalue weighted by Gasteiger charge is 2.41. The molecule has 78 heavy (non-hydrogen) atoms. The summed E-state index contributed by atoms with van der Waals surface area (Å²) < 4.78 is 55.9. The van der Waals surface area contributed by atoms with Gasteiger partial charge in [0.1, 0.15) is 0 Å². The third-order valence-electron chi connectivity index (χ3n) is 15.5. The van der Waals surface area contributed by atoms with Crippen molar-refractivity contribution in [1.29, 1.82) is 0 Å². The molecule has 0 amide bonds. The van der Waals surface area contributed by atoms with E-state index >= 15 is 0 Å². The summed E-state index contributed by atoms with van der Waals surface area (Å²) in [5.74, 6) is -0.00861. The van der Waals surface area contributed by atoms with E-state index in [9.17, 15) is 30.6 Å². The molecule has 0 aromatic carbocycles. The van der Waals surface area contributed by atoms with Crippen molar-refractivity contribution in [3.05, 3.63) is 0 Å². The van der Waals surface area contributed by atoms with Gasteiger partial charge in [-0.1, -0.05) is 41.5 Å². The molecule has 0 aliphatic rings. The highest BCUT2D eigenvalue weighted by atomic mass is 28.4. The first-order valence-electron chi connectivity index (χ1n) is 30.8. The van der Waals surface area contributed by atoms with E-state index in [0.717, 1.165) is 74.8 Å². The van der Waals surface area contributed by atoms with Crippen molar-refractivity contribution in [2.24, 2.45) is 17.3 Å². The molecule has 0 heterocycles. The summed E-state index contributed by atoms with van der Waals surface area (Å²) in [6, 6.07) is 5.97. The lowest BCUT2D eigenvalue weighted by Crippen LogP contribution is -2.44. The number of aliphatic hydroxyl groups excluding tert-OH is 6. The van der Waals surface area contributed by atoms with Gasteiger partial charge < -0.3 is 71.4 Å². The first-order chi connectivity index (χ1) is 36.1. The Morgan fingerprint density at radius 3 is 0.718 bits per heavy atom. The Bertz CT molecular complexity index is 1400. The summed E-state index contributed by atoms with van der Waals surface area (Å²) >= 11 is 0. The Balaban J connectivity index is 5.47. The number of hydrogen-bond donors (Lipinski definition) is 6. The van der Waals surface area contributed by atoms with E-state index in [1.807, 2.05) is 20.8 Å². The minimum Gasteiger partial charge on any atom is -0.455 e. The molecule has 0 radical (unpaired) electrons. The predicted octanol–water partition coefficient (Wildman–Crippen LogP) is 11.6. The van der Waals surface area contributed by atoms with Crippen LogP contribution in [0.4, 0.5) is 0 Å². The SMILES string of the molecule is CCC(O)COCCC[Si](C)(C)O[Si](C)(C)CCCOCC(O)CC(C)C(C)(CC(O)COCCC[Si](C)(C)O[Si](C)(C)CCCOCC(O)CC)C(C)CC(O)COCCC[Si](C)(C)O[Si](C)(C)CCCOCC(O)CC. The van der Waals surface area contributed by atoms with Crippen LogP contribution in [0, 0.1) is 17.3 Å². The van der Waals surface area contributed by atoms with Crippen LogP contribution in [0.2, 0.25) is 115 Å². The summed E-state index contributed by atoms with van der Waals surface area (Å²) in [4.78, 5) is 0. The third kappa shape index (κ3) is 40.9. The maximum atomic E-state index is 11.6. The van der Waals surface area contributed by atoms with Crippen LogP contribution >= 0.6 is 0 Å². The Kier molecular flexibility index (Phi) is 41.3. The summed E-state index contributed by atoms with van der Waals surface area (Å²) in [6.45, 7) is 45.2. The second-order valence-corrected chi connectivity index (χ2v) is 53.6. The van der Waals surface area contributed by atoms with Crippen LogP contribution in [-0.4, -0.2) is 196 Å². The number of ether oxygens (including phenoxy) is 6. The van der Waals surface area contributed by atoms with Crippen molar-refractivity contribution in [2.75, 3.05) is 79.3 Å². The smallest absolute Gasteiger partial charge is 0.173 e. The lowest BCUT2D eigenvalue weighted by atomic mass is 9.63. The Labute approximate surface area is 485 Å². The molecule has 15 nitrogen and oxygen atoms in total. The standard InChI is InChI=1S/C57H128O15Si6/c1-19-51(58)43-64-28-22-34-73(7,8)70-76(13,14)37-25-31-67-46-54(61)40-49(4)57(6,42-56(63)48-69-33-27-39-78(17,18)72-75(11,12)36-24-30-66-45-53(60)21-3)50(5)41-55(62)47-68-32-26-38-77(15,16)71-74(9,10)35-23-29-65-44-52(59)20-2/h49-56,58-63H,19-48H2,1-18H3. The van der Waals surface area contributed by atoms with E-state index in [2.05, 4.69) is 99.3 Å². The van der Waals surface area contributed by atoms with Gasteiger partial charge in [0.15, 0.2) is 49.9 Å². The van der Waals surface area contributed by atoms with Gasteiger partial charge in [-0.15, -0.1) is 0 Å². The molecule has 470 valence electrons. The molecule has 0 aromatic rings. The van der Waals surface area contributed by atoms with Gasteiger partial charge in [-0.3, -0.25) is 0 Å². The van der Waals surface area contributed by atoms with Gasteiger partial charge in [0.05, 0.1) is 76.3 Å². The van der Waals surface area contributed by atoms with Gasteiger partial charge >= 0.3 is 0 Å². The minimum absolute atomic E-state index is 0.00430. The van der Waals surface area contributed by atoms with Crippen molar-refractivity contribution in [3.8, 4) is 0 Å². The number of rotatable bonds is 53. The number of aliphatic hydroxyl groups is 6. The van der Waals surface area contributed by atoms with E-state index in [-0.39, 0.29) is 31.7 Å². The normalized spacial score (nSPS) is 17.4. The fraction of sp³-hybridized carbons (Fsp3) is 1.00. The van der Waals surface area contributed by atoms with Crippen LogP contribution in [0.25, 0.3) is 0 Å². The molecule has 8 atom stereocenters. The summed E-state index contributed by atoms with van der Waals surface area (Å²) in [5.41, 5.74) is -0.441. The van der Waals surface area contributed by atoms with Crippen LogP contribution in [0.3, 0.4) is 0 Å². The molecule has 0 saturated carbocycles. The van der Waals surface area contributed by atoms with Crippen molar-refractivity contribution >= 4 is 49.9 Å². The first kappa shape index (κ1) is 78.7. The van der Waals surface area contributed by atoms with Crippen molar-refractivity contribution in [1.82, 2.24) is 0 Å². The monoisotopic (exact) mass is 1220 g/mol. The predicted molar refractivity (Wildman–Crippen MR) is 337 cm³/mol. The van der Waals surface area contributed by atoms with Gasteiger partial charge in [0.25, 0.3) is 0 Å². The first-order valence-corrected chi connectivity index (χ1v) is 49.5. The molecule has 8 unspecified atom stereocenters. The van der Waals surface area contributed by atoms with Gasteiger partial charge in [0.2, 0.25) is 0 Å². The lowest BCUT2D eigenvalue weighted by molar-refractivity contribution is -0.0507. The Morgan fingerprint density at radius 1 is 0.321 bits per heavy atom. The summed E-state index contributed by atoms with van der Waals surface area (Å²) in [6.07, 6.45) is 5.68. The third-order valence-corrected chi connectivity index (χ3v) is 38.1. The molecule has 0 bridgehead atoms. The van der Waals surface area contributed by atoms with Crippen LogP contribution in [0.1, 0.15) is 119 Å². The molecule has 0 aliphatic carbocycles. The van der Waals surface area contributed by atoms with Crippen LogP contribution in [-0.2, 0) is 40.8 Å². The quantitative estimate of drug-likeness (QED) is 0.0248. The van der Waals surface area contributed by atoms with Gasteiger partial charge in [-0.05, 0) is 209 Å². The molecule has 0 fully saturated rings. The molecule has 0 saturated heterocycles. The molecule has 6 N–H and O–H groups in total. The van der Waals surface area contributed by atoms with Gasteiger partial charge in [-0.25, -0.2) is 0 Å². The highest BCUT2D eigenvalue weighted by molar-refractivity contribution is 6.86. The maximum absolute atomic E-state index is 11.6. The largest absolute Gasteiger partial charge is 0.455 e. The van der Waals surface area contributed by atoms with Crippen LogP contribution < -0.4 is 0 Å². The fourth-order valence-corrected chi connectivity index (χ4v) is 37.1. The average Bonchev–Trinajstić information content (AvgIpc) is 3.31. The molecule has 0 aromatic heterocycles. The molecular formula is C57H128O15Si6. The maximum Gasteiger partial charge on any atom is 0.173 e. The zero-order chi connectivity index (χ0) is 59.7. The molecular weight excluding hydrogens is 1090 g/mol. The van der Waals surface area contributed by atoms with Crippen molar-refractivity contribution in [2.45, 2.75) is 270 Å². The molecule has 0 spiro atoms. The van der Waals surface area contributed by atoms with Gasteiger partial charge in [0, 0.05) is 39.6 Å². The molecule has 21 heteroatoms. The number of hydrogen-bond acceptors (Lipinski definition) is 15. The van der Waals surface area contributed by atoms with E-state index in [1.165, 1.54) is 0 Å². The van der Waals surface area contributed by atoms with Crippen LogP contribution in [0.5, 0.6) is 0 Å². The zero-order valence-electron chi connectivity index (χ0n) is 53.7. The average molecular weight is 1220 g/mol. The fourth-order valence-electron chi connectivity index (χ4n) is 10.8. The molecule has 0 rings (SSSR count). The highest BCUT2D eigenvalue weighted by Crippen LogP contribution is 2.44. The molecule has 0 aliphatic heterocycles. The second-order valence-electron chi connectivity index (χ2n) is 27.1. The van der Waals surface area contributed by atoms with E-state index < -0.39 is 91.9 Å². The van der Waals surface area contributed by atoms with Crippen LogP contribution in [0.15, 0.2) is 0 Å². The Hall–Kier alpha value is 0.701. The lowest BCUT2D eigenvalue weighted by Gasteiger charge is -2.44. The van der Waals surface area contributed by atoms with Gasteiger partial charge in [-0.2, -0.15) is 0 Å². The Morgan fingerprint density at radius 2 is 0.513 bits per heavy atom. The van der Waals surface area contributed by atoms with E-state index in [1.54, 1.807) is 0 Å². The second kappa shape index (κ2) is 40.9. The van der Waals surface area contributed by atoms with Crippen molar-refractivity contribution in [3.63, 3.8) is 0 Å².